The van der Waals surface area contributed by atoms with Crippen molar-refractivity contribution >= 4 is 65.2 Å². The van der Waals surface area contributed by atoms with Crippen LogP contribution < -0.4 is 0 Å². The van der Waals surface area contributed by atoms with Crippen LogP contribution in [0.25, 0.3) is 98.8 Å². The van der Waals surface area contributed by atoms with Crippen LogP contribution >= 0.6 is 0 Å². The first-order chi connectivity index (χ1) is 25.8. The minimum atomic E-state index is 1.19. The maximum Gasteiger partial charge on any atom is 0.0541 e. The first kappa shape index (κ1) is 28.9. The molecule has 2 nitrogen and oxygen atoms in total. The average Bonchev–Trinajstić information content (AvgIpc) is 3.72. The molecule has 0 aliphatic rings. The molecular weight excluding hydrogens is 629 g/mol. The van der Waals surface area contributed by atoms with E-state index in [1.165, 1.54) is 98.8 Å². The van der Waals surface area contributed by atoms with Crippen molar-refractivity contribution in [1.82, 2.24) is 9.13 Å². The van der Waals surface area contributed by atoms with Gasteiger partial charge in [-0.15, -0.1) is 0 Å². The lowest BCUT2D eigenvalue weighted by Crippen LogP contribution is -1.96. The van der Waals surface area contributed by atoms with Gasteiger partial charge < -0.3 is 9.13 Å². The van der Waals surface area contributed by atoms with E-state index in [0.717, 1.165) is 0 Å². The predicted molar refractivity (Wildman–Crippen MR) is 221 cm³/mol. The Morgan fingerprint density at radius 3 is 1.38 bits per heavy atom. The fourth-order valence-electron chi connectivity index (χ4n) is 8.59. The summed E-state index contributed by atoms with van der Waals surface area (Å²) in [5, 5.41) is 10.0. The molecule has 0 bridgehead atoms. The number of hydrogen-bond acceptors (Lipinski definition) is 0. The van der Waals surface area contributed by atoms with Gasteiger partial charge in [-0.05, 0) is 81.6 Å². The van der Waals surface area contributed by atoms with Gasteiger partial charge in [0.2, 0.25) is 0 Å². The zero-order chi connectivity index (χ0) is 34.2. The quantitative estimate of drug-likeness (QED) is 0.178. The molecule has 2 heteroatoms. The third kappa shape index (κ3) is 4.25. The lowest BCUT2D eigenvalue weighted by molar-refractivity contribution is 1.20. The first-order valence-electron chi connectivity index (χ1n) is 17.9. The van der Waals surface area contributed by atoms with E-state index in [9.17, 15) is 0 Å². The Kier molecular flexibility index (Phi) is 6.28. The molecule has 0 atom stereocenters. The Morgan fingerprint density at radius 1 is 0.250 bits per heavy atom. The Morgan fingerprint density at radius 2 is 0.712 bits per heavy atom. The molecule has 2 aromatic heterocycles. The number of hydrogen-bond donors (Lipinski definition) is 0. The van der Waals surface area contributed by atoms with Crippen LogP contribution in [0.1, 0.15) is 0 Å². The van der Waals surface area contributed by atoms with E-state index in [4.69, 9.17) is 0 Å². The van der Waals surface area contributed by atoms with Crippen LogP contribution in [0.5, 0.6) is 0 Å². The Balaban J connectivity index is 1.11. The number of aromatic nitrogens is 2. The first-order valence-corrected chi connectivity index (χ1v) is 17.9. The third-order valence-electron chi connectivity index (χ3n) is 10.9. The van der Waals surface area contributed by atoms with Gasteiger partial charge in [0.1, 0.15) is 0 Å². The molecule has 9 aromatic carbocycles. The van der Waals surface area contributed by atoms with E-state index < -0.39 is 0 Å². The molecule has 11 rings (SSSR count). The molecule has 0 aliphatic carbocycles. The van der Waals surface area contributed by atoms with Crippen LogP contribution in [-0.4, -0.2) is 9.13 Å². The van der Waals surface area contributed by atoms with Crippen molar-refractivity contribution in [2.45, 2.75) is 0 Å². The summed E-state index contributed by atoms with van der Waals surface area (Å²) in [6.07, 6.45) is 0. The molecule has 0 amide bonds. The van der Waals surface area contributed by atoms with Gasteiger partial charge in [-0.3, -0.25) is 0 Å². The SMILES string of the molecule is c1ccc(-c2cccc3c(-n4c5ccccc5c5cc(-c6ccc7c(c6)c6ccccc6n7-c6cccc7ccccc67)ccc54)cccc23)cc1. The zero-order valence-corrected chi connectivity index (χ0v) is 28.4. The predicted octanol–water partition coefficient (Wildman–Crippen LogP) is 13.5. The van der Waals surface area contributed by atoms with Gasteiger partial charge in [-0.1, -0.05) is 146 Å². The highest BCUT2D eigenvalue weighted by molar-refractivity contribution is 6.14. The topological polar surface area (TPSA) is 9.86 Å². The molecule has 0 fully saturated rings. The van der Waals surface area contributed by atoms with Gasteiger partial charge >= 0.3 is 0 Å². The van der Waals surface area contributed by atoms with Crippen molar-refractivity contribution in [3.63, 3.8) is 0 Å². The van der Waals surface area contributed by atoms with E-state index >= 15 is 0 Å². The molecule has 0 saturated carbocycles. The summed E-state index contributed by atoms with van der Waals surface area (Å²) in [6.45, 7) is 0. The van der Waals surface area contributed by atoms with Crippen molar-refractivity contribution in [2.24, 2.45) is 0 Å². The van der Waals surface area contributed by atoms with E-state index in [1.54, 1.807) is 0 Å². The van der Waals surface area contributed by atoms with E-state index in [0.29, 0.717) is 0 Å². The van der Waals surface area contributed by atoms with E-state index in [1.807, 2.05) is 0 Å². The van der Waals surface area contributed by atoms with Crippen molar-refractivity contribution in [3.05, 3.63) is 194 Å². The summed E-state index contributed by atoms with van der Waals surface area (Å²) < 4.78 is 4.88. The summed E-state index contributed by atoms with van der Waals surface area (Å²) in [5.41, 5.74) is 12.1. The molecule has 0 radical (unpaired) electrons. The van der Waals surface area contributed by atoms with Gasteiger partial charge in [-0.25, -0.2) is 0 Å². The van der Waals surface area contributed by atoms with Crippen molar-refractivity contribution in [3.8, 4) is 33.6 Å². The molecular formula is C50H32N2. The number of nitrogens with zero attached hydrogens (tertiary/aromatic N) is 2. The molecule has 2 heterocycles. The van der Waals surface area contributed by atoms with Gasteiger partial charge in [0.15, 0.2) is 0 Å². The lowest BCUT2D eigenvalue weighted by atomic mass is 9.97. The monoisotopic (exact) mass is 660 g/mol. The number of fused-ring (bicyclic) bond motifs is 8. The Hall–Kier alpha value is -6.90. The minimum Gasteiger partial charge on any atom is -0.309 e. The van der Waals surface area contributed by atoms with E-state index in [2.05, 4.69) is 203 Å². The maximum absolute atomic E-state index is 2.45. The Labute approximate surface area is 301 Å². The molecule has 242 valence electrons. The van der Waals surface area contributed by atoms with Gasteiger partial charge in [0.25, 0.3) is 0 Å². The smallest absolute Gasteiger partial charge is 0.0541 e. The zero-order valence-electron chi connectivity index (χ0n) is 28.4. The normalized spacial score (nSPS) is 11.8. The molecule has 0 saturated heterocycles. The molecule has 0 unspecified atom stereocenters. The fourth-order valence-corrected chi connectivity index (χ4v) is 8.59. The fraction of sp³-hybridized carbons (Fsp3) is 0. The van der Waals surface area contributed by atoms with Gasteiger partial charge in [-0.2, -0.15) is 0 Å². The second-order valence-electron chi connectivity index (χ2n) is 13.7. The van der Waals surface area contributed by atoms with Crippen LogP contribution in [0.2, 0.25) is 0 Å². The van der Waals surface area contributed by atoms with Crippen molar-refractivity contribution in [1.29, 1.82) is 0 Å². The summed E-state index contributed by atoms with van der Waals surface area (Å²) in [6, 6.07) is 71.0. The van der Waals surface area contributed by atoms with Crippen LogP contribution in [-0.2, 0) is 0 Å². The summed E-state index contributed by atoms with van der Waals surface area (Å²) in [7, 11) is 0. The standard InChI is InChI=1S/C50H32N2/c1-2-13-33(14-3-1)37-20-11-22-40-39(37)21-12-26-48(40)52-47-24-9-7-19-42(47)44-32-36(28-30-50(44)52)35-27-29-49-43(31-35)41-18-6-8-23-46(41)51(49)45-25-10-16-34-15-4-5-17-38(34)45/h1-32H. The van der Waals surface area contributed by atoms with Crippen LogP contribution in [0.15, 0.2) is 194 Å². The number of rotatable bonds is 4. The number of para-hydroxylation sites is 2. The highest BCUT2D eigenvalue weighted by Gasteiger charge is 2.18. The van der Waals surface area contributed by atoms with Crippen molar-refractivity contribution in [2.75, 3.05) is 0 Å². The van der Waals surface area contributed by atoms with E-state index in [-0.39, 0.29) is 0 Å². The molecule has 0 N–H and O–H groups in total. The van der Waals surface area contributed by atoms with Crippen LogP contribution in [0.4, 0.5) is 0 Å². The molecule has 0 aliphatic heterocycles. The van der Waals surface area contributed by atoms with Gasteiger partial charge in [0.05, 0.1) is 33.4 Å². The molecule has 11 aromatic rings. The summed E-state index contributed by atoms with van der Waals surface area (Å²) >= 11 is 0. The Bertz CT molecular complexity index is 3170. The molecule has 0 spiro atoms. The van der Waals surface area contributed by atoms with Crippen LogP contribution in [0.3, 0.4) is 0 Å². The highest BCUT2D eigenvalue weighted by Crippen LogP contribution is 2.41. The van der Waals surface area contributed by atoms with Crippen molar-refractivity contribution < 1.29 is 0 Å². The number of benzene rings is 9. The summed E-state index contributed by atoms with van der Waals surface area (Å²) in [4.78, 5) is 0. The van der Waals surface area contributed by atoms with Crippen LogP contribution in [0, 0.1) is 0 Å². The second-order valence-corrected chi connectivity index (χ2v) is 13.7. The maximum atomic E-state index is 2.45. The largest absolute Gasteiger partial charge is 0.309 e. The highest BCUT2D eigenvalue weighted by atomic mass is 15.0. The second kappa shape index (κ2) is 11.3. The summed E-state index contributed by atoms with van der Waals surface area (Å²) in [5.74, 6) is 0. The minimum absolute atomic E-state index is 1.19. The third-order valence-corrected chi connectivity index (χ3v) is 10.9. The lowest BCUT2D eigenvalue weighted by Gasteiger charge is -2.14. The van der Waals surface area contributed by atoms with Gasteiger partial charge in [0, 0.05) is 32.3 Å². The molecule has 52 heavy (non-hydrogen) atoms. The average molecular weight is 661 g/mol.